The predicted molar refractivity (Wildman–Crippen MR) is 137 cm³/mol. The lowest BCUT2D eigenvalue weighted by atomic mass is 10.00. The fraction of sp³-hybridized carbons (Fsp3) is 0.214. The molecule has 2 aromatic carbocycles. The minimum Gasteiger partial charge on any atom is -0.350 e. The van der Waals surface area contributed by atoms with E-state index in [1.165, 1.54) is 26.9 Å². The van der Waals surface area contributed by atoms with Crippen LogP contribution in [0.15, 0.2) is 71.9 Å². The van der Waals surface area contributed by atoms with Crippen LogP contribution in [0.25, 0.3) is 21.8 Å². The minimum absolute atomic E-state index is 0.154. The third-order valence-electron chi connectivity index (χ3n) is 6.44. The summed E-state index contributed by atoms with van der Waals surface area (Å²) >= 11 is 0. The van der Waals surface area contributed by atoms with Crippen LogP contribution in [0.1, 0.15) is 27.8 Å². The van der Waals surface area contributed by atoms with Gasteiger partial charge in [0.05, 0.1) is 6.20 Å². The van der Waals surface area contributed by atoms with Crippen LogP contribution in [0, 0.1) is 20.8 Å². The highest BCUT2D eigenvalue weighted by Gasteiger charge is 2.18. The minimum atomic E-state index is -0.282. The van der Waals surface area contributed by atoms with Crippen molar-refractivity contribution in [3.8, 4) is 0 Å². The second-order valence-electron chi connectivity index (χ2n) is 8.99. The fourth-order valence-corrected chi connectivity index (χ4v) is 4.78. The fourth-order valence-electron chi connectivity index (χ4n) is 4.78. The van der Waals surface area contributed by atoms with Gasteiger partial charge in [-0.25, -0.2) is 4.68 Å². The molecule has 0 aliphatic heterocycles. The lowest BCUT2D eigenvalue weighted by Gasteiger charge is -2.14. The van der Waals surface area contributed by atoms with E-state index in [1.807, 2.05) is 36.4 Å². The van der Waals surface area contributed by atoms with E-state index in [1.54, 1.807) is 18.6 Å². The summed E-state index contributed by atoms with van der Waals surface area (Å²) in [5.41, 5.74) is 6.93. The molecule has 176 valence electrons. The van der Waals surface area contributed by atoms with Gasteiger partial charge in [-0.15, -0.1) is 0 Å². The number of amides is 1. The molecule has 0 aliphatic carbocycles. The van der Waals surface area contributed by atoms with E-state index < -0.39 is 0 Å². The Hall–Kier alpha value is -4.26. The molecule has 0 atom stereocenters. The molecule has 3 aromatic heterocycles. The van der Waals surface area contributed by atoms with E-state index in [4.69, 9.17) is 0 Å². The van der Waals surface area contributed by atoms with E-state index in [9.17, 15) is 9.59 Å². The van der Waals surface area contributed by atoms with Gasteiger partial charge >= 0.3 is 0 Å². The van der Waals surface area contributed by atoms with Gasteiger partial charge in [0.1, 0.15) is 12.1 Å². The van der Waals surface area contributed by atoms with Crippen molar-refractivity contribution in [1.82, 2.24) is 24.6 Å². The largest absolute Gasteiger partial charge is 0.350 e. The van der Waals surface area contributed by atoms with Crippen molar-refractivity contribution >= 4 is 27.7 Å². The molecule has 0 saturated carbocycles. The molecule has 1 amide bonds. The van der Waals surface area contributed by atoms with Crippen LogP contribution in [0.5, 0.6) is 0 Å². The monoisotopic (exact) mass is 465 g/mol. The normalized spacial score (nSPS) is 11.3. The lowest BCUT2D eigenvalue weighted by molar-refractivity contribution is -0.122. The Morgan fingerprint density at radius 2 is 1.74 bits per heavy atom. The molecule has 5 aromatic rings. The predicted octanol–water partition coefficient (Wildman–Crippen LogP) is 4.04. The number of rotatable bonds is 6. The van der Waals surface area contributed by atoms with Gasteiger partial charge in [0.15, 0.2) is 0 Å². The second-order valence-corrected chi connectivity index (χ2v) is 8.99. The summed E-state index contributed by atoms with van der Waals surface area (Å²) in [5, 5.41) is 8.94. The van der Waals surface area contributed by atoms with E-state index in [0.717, 1.165) is 21.9 Å². The summed E-state index contributed by atoms with van der Waals surface area (Å²) in [4.78, 5) is 30.3. The van der Waals surface area contributed by atoms with Gasteiger partial charge in [-0.2, -0.15) is 5.10 Å². The topological polar surface area (TPSA) is 81.8 Å². The molecule has 3 heterocycles. The standard InChI is InChI=1S/C28H27N5O2/c1-18-11-19(2)24(20(3)12-18)16-32-25-9-5-4-8-22(25)23-15-31-33(28(35)27(23)32)17-26(34)30-14-21-7-6-10-29-13-21/h4-13,15H,14,16-17H2,1-3H3,(H,30,34). The number of aryl methyl sites for hydroxylation is 3. The summed E-state index contributed by atoms with van der Waals surface area (Å²) in [6, 6.07) is 16.0. The van der Waals surface area contributed by atoms with Gasteiger partial charge in [-0.1, -0.05) is 42.0 Å². The first-order valence-corrected chi connectivity index (χ1v) is 11.6. The van der Waals surface area contributed by atoms with Crippen molar-refractivity contribution < 1.29 is 4.79 Å². The molecule has 35 heavy (non-hydrogen) atoms. The van der Waals surface area contributed by atoms with Crippen LogP contribution in [0.4, 0.5) is 0 Å². The number of carbonyl (C=O) groups excluding carboxylic acids is 1. The summed E-state index contributed by atoms with van der Waals surface area (Å²) in [5.74, 6) is -0.282. The zero-order chi connectivity index (χ0) is 24.5. The average Bonchev–Trinajstić information content (AvgIpc) is 3.16. The highest BCUT2D eigenvalue weighted by molar-refractivity contribution is 6.07. The third kappa shape index (κ3) is 4.33. The maximum atomic E-state index is 13.6. The molecule has 0 fully saturated rings. The number of benzene rings is 2. The Labute approximate surface area is 203 Å². The first kappa shape index (κ1) is 22.5. The zero-order valence-corrected chi connectivity index (χ0v) is 20.1. The second kappa shape index (κ2) is 9.18. The first-order valence-electron chi connectivity index (χ1n) is 11.6. The molecule has 0 bridgehead atoms. The van der Waals surface area contributed by atoms with Crippen molar-refractivity contribution in [3.63, 3.8) is 0 Å². The molecule has 0 saturated heterocycles. The smallest absolute Gasteiger partial charge is 0.291 e. The summed E-state index contributed by atoms with van der Waals surface area (Å²) in [6.07, 6.45) is 5.08. The van der Waals surface area contributed by atoms with Crippen molar-refractivity contribution in [2.24, 2.45) is 0 Å². The van der Waals surface area contributed by atoms with Gasteiger partial charge in [-0.05, 0) is 55.2 Å². The molecule has 0 radical (unpaired) electrons. The number of aromatic nitrogens is 4. The summed E-state index contributed by atoms with van der Waals surface area (Å²) in [6.45, 7) is 7.06. The molecule has 0 spiro atoms. The SMILES string of the molecule is Cc1cc(C)c(Cn2c3ccccc3c3cnn(CC(=O)NCc4cccnc4)c(=O)c32)c(C)c1. The zero-order valence-electron chi connectivity index (χ0n) is 20.1. The van der Waals surface area contributed by atoms with E-state index in [0.29, 0.717) is 18.6 Å². The van der Waals surface area contributed by atoms with Crippen LogP contribution in [0.3, 0.4) is 0 Å². The number of carbonyl (C=O) groups is 1. The van der Waals surface area contributed by atoms with Crippen molar-refractivity contribution in [2.75, 3.05) is 0 Å². The molecule has 0 aliphatic rings. The van der Waals surface area contributed by atoms with E-state index in [2.05, 4.69) is 52.9 Å². The van der Waals surface area contributed by atoms with Crippen LogP contribution < -0.4 is 10.9 Å². The Balaban J connectivity index is 1.55. The maximum absolute atomic E-state index is 13.6. The molecule has 7 nitrogen and oxygen atoms in total. The maximum Gasteiger partial charge on any atom is 0.291 e. The number of para-hydroxylation sites is 1. The van der Waals surface area contributed by atoms with Crippen molar-refractivity contribution in [1.29, 1.82) is 0 Å². The number of hydrogen-bond acceptors (Lipinski definition) is 4. The van der Waals surface area contributed by atoms with Gasteiger partial charge in [-0.3, -0.25) is 14.6 Å². The Kier molecular flexibility index (Phi) is 5.91. The van der Waals surface area contributed by atoms with Gasteiger partial charge in [0.25, 0.3) is 5.56 Å². The summed E-state index contributed by atoms with van der Waals surface area (Å²) < 4.78 is 3.30. The Morgan fingerprint density at radius 3 is 2.49 bits per heavy atom. The Bertz CT molecular complexity index is 1590. The number of fused-ring (bicyclic) bond motifs is 3. The van der Waals surface area contributed by atoms with Crippen LogP contribution >= 0.6 is 0 Å². The van der Waals surface area contributed by atoms with Crippen LogP contribution in [-0.4, -0.2) is 25.2 Å². The highest BCUT2D eigenvalue weighted by Crippen LogP contribution is 2.28. The van der Waals surface area contributed by atoms with Crippen molar-refractivity contribution in [2.45, 2.75) is 40.4 Å². The van der Waals surface area contributed by atoms with Gasteiger partial charge < -0.3 is 9.88 Å². The van der Waals surface area contributed by atoms with Crippen molar-refractivity contribution in [3.05, 3.63) is 105 Å². The molecule has 1 N–H and O–H groups in total. The Morgan fingerprint density at radius 1 is 0.971 bits per heavy atom. The van der Waals surface area contributed by atoms with E-state index >= 15 is 0 Å². The molecule has 7 heteroatoms. The number of nitrogens with zero attached hydrogens (tertiary/aromatic N) is 4. The van der Waals surface area contributed by atoms with Crippen LogP contribution in [0.2, 0.25) is 0 Å². The molecule has 0 unspecified atom stereocenters. The summed E-state index contributed by atoms with van der Waals surface area (Å²) in [7, 11) is 0. The van der Waals surface area contributed by atoms with Gasteiger partial charge in [0.2, 0.25) is 5.91 Å². The van der Waals surface area contributed by atoms with E-state index in [-0.39, 0.29) is 18.0 Å². The average molecular weight is 466 g/mol. The lowest BCUT2D eigenvalue weighted by Crippen LogP contribution is -2.33. The number of nitrogens with one attached hydrogen (secondary N) is 1. The number of pyridine rings is 1. The highest BCUT2D eigenvalue weighted by atomic mass is 16.2. The van der Waals surface area contributed by atoms with Gasteiger partial charge in [0, 0.05) is 41.8 Å². The molecular formula is C28H27N5O2. The quantitative estimate of drug-likeness (QED) is 0.410. The molecule has 5 rings (SSSR count). The van der Waals surface area contributed by atoms with Crippen LogP contribution in [-0.2, 0) is 24.4 Å². The number of hydrogen-bond donors (Lipinski definition) is 1. The first-order chi connectivity index (χ1) is 16.9. The molecular weight excluding hydrogens is 438 g/mol. The third-order valence-corrected chi connectivity index (χ3v) is 6.44.